The third kappa shape index (κ3) is 5.66. The van der Waals surface area contributed by atoms with Crippen molar-refractivity contribution in [3.05, 3.63) is 29.8 Å². The molecule has 1 aromatic rings. The van der Waals surface area contributed by atoms with E-state index in [0.29, 0.717) is 45.0 Å². The van der Waals surface area contributed by atoms with Gasteiger partial charge in [-0.3, -0.25) is 4.79 Å². The lowest BCUT2D eigenvalue weighted by Crippen LogP contribution is -2.50. The normalized spacial score (nSPS) is 14.3. The number of carbonyl (C=O) groups is 2. The van der Waals surface area contributed by atoms with Crippen molar-refractivity contribution < 1.29 is 19.1 Å². The van der Waals surface area contributed by atoms with Crippen LogP contribution in [0.4, 0.5) is 4.79 Å². The number of hydrogen-bond donors (Lipinski definition) is 0. The van der Waals surface area contributed by atoms with Gasteiger partial charge >= 0.3 is 6.09 Å². The number of carbonyl (C=O) groups excluding carboxylic acids is 2. The van der Waals surface area contributed by atoms with Crippen molar-refractivity contribution in [2.24, 2.45) is 0 Å². The molecular formula is C19H28N2O4. The van der Waals surface area contributed by atoms with Crippen LogP contribution in [0, 0.1) is 0 Å². The number of rotatable bonds is 7. The van der Waals surface area contributed by atoms with Crippen LogP contribution in [0.1, 0.15) is 43.5 Å². The molecule has 2 rings (SSSR count). The largest absolute Gasteiger partial charge is 0.494 e. The van der Waals surface area contributed by atoms with E-state index in [0.717, 1.165) is 18.6 Å². The number of hydrogen-bond acceptors (Lipinski definition) is 4. The van der Waals surface area contributed by atoms with Gasteiger partial charge in [0.25, 0.3) is 5.91 Å². The van der Waals surface area contributed by atoms with Gasteiger partial charge in [0.15, 0.2) is 0 Å². The molecule has 6 heteroatoms. The molecule has 0 spiro atoms. The van der Waals surface area contributed by atoms with E-state index in [1.54, 1.807) is 28.9 Å². The maximum Gasteiger partial charge on any atom is 0.409 e. The number of piperazine rings is 1. The van der Waals surface area contributed by atoms with E-state index in [1.807, 2.05) is 12.1 Å². The van der Waals surface area contributed by atoms with Crippen molar-refractivity contribution in [3.63, 3.8) is 0 Å². The van der Waals surface area contributed by atoms with Gasteiger partial charge in [-0.1, -0.05) is 19.8 Å². The Morgan fingerprint density at radius 3 is 2.20 bits per heavy atom. The Balaban J connectivity index is 1.82. The molecule has 0 saturated carbocycles. The zero-order valence-corrected chi connectivity index (χ0v) is 15.2. The zero-order chi connectivity index (χ0) is 18.1. The second kappa shape index (κ2) is 9.91. The summed E-state index contributed by atoms with van der Waals surface area (Å²) in [6.07, 6.45) is 3.07. The summed E-state index contributed by atoms with van der Waals surface area (Å²) < 4.78 is 10.7. The quantitative estimate of drug-likeness (QED) is 0.710. The molecule has 0 bridgehead atoms. The maximum absolute atomic E-state index is 12.6. The highest BCUT2D eigenvalue weighted by Gasteiger charge is 2.25. The van der Waals surface area contributed by atoms with E-state index in [2.05, 4.69) is 6.92 Å². The van der Waals surface area contributed by atoms with Gasteiger partial charge in [-0.2, -0.15) is 0 Å². The van der Waals surface area contributed by atoms with Crippen molar-refractivity contribution in [2.75, 3.05) is 39.4 Å². The number of ether oxygens (including phenoxy) is 2. The predicted molar refractivity (Wildman–Crippen MR) is 96.0 cm³/mol. The Bertz CT molecular complexity index is 551. The van der Waals surface area contributed by atoms with E-state index in [9.17, 15) is 9.59 Å². The van der Waals surface area contributed by atoms with Crippen molar-refractivity contribution in [2.45, 2.75) is 33.1 Å². The molecule has 1 heterocycles. The van der Waals surface area contributed by atoms with Crippen molar-refractivity contribution in [1.82, 2.24) is 9.80 Å². The Morgan fingerprint density at radius 2 is 1.60 bits per heavy atom. The molecule has 0 atom stereocenters. The standard InChI is InChI=1S/C19H28N2O4/c1-3-5-6-15-25-17-9-7-16(8-10-17)18(22)20-11-13-21(14-12-20)19(23)24-4-2/h7-10H,3-6,11-15H2,1-2H3. The van der Waals surface area contributed by atoms with Gasteiger partial charge in [-0.05, 0) is 37.6 Å². The van der Waals surface area contributed by atoms with Gasteiger partial charge in [0.1, 0.15) is 5.75 Å². The fourth-order valence-corrected chi connectivity index (χ4v) is 2.73. The van der Waals surface area contributed by atoms with Crippen LogP contribution in [0.15, 0.2) is 24.3 Å². The monoisotopic (exact) mass is 348 g/mol. The Morgan fingerprint density at radius 1 is 0.960 bits per heavy atom. The molecule has 1 aliphatic heterocycles. The summed E-state index contributed by atoms with van der Waals surface area (Å²) in [5, 5.41) is 0. The molecule has 138 valence electrons. The zero-order valence-electron chi connectivity index (χ0n) is 15.2. The first-order valence-corrected chi connectivity index (χ1v) is 9.09. The first kappa shape index (κ1) is 19.1. The second-order valence-electron chi connectivity index (χ2n) is 6.06. The number of nitrogens with zero attached hydrogens (tertiary/aromatic N) is 2. The van der Waals surface area contributed by atoms with E-state index < -0.39 is 0 Å². The molecule has 1 aromatic carbocycles. The highest BCUT2D eigenvalue weighted by atomic mass is 16.6. The summed E-state index contributed by atoms with van der Waals surface area (Å²) in [6, 6.07) is 7.28. The summed E-state index contributed by atoms with van der Waals surface area (Å²) >= 11 is 0. The molecule has 1 aliphatic rings. The minimum atomic E-state index is -0.306. The van der Waals surface area contributed by atoms with Gasteiger partial charge in [0.2, 0.25) is 0 Å². The average molecular weight is 348 g/mol. The lowest BCUT2D eigenvalue weighted by Gasteiger charge is -2.34. The third-order valence-corrected chi connectivity index (χ3v) is 4.21. The number of benzene rings is 1. The number of unbranched alkanes of at least 4 members (excludes halogenated alkanes) is 2. The van der Waals surface area contributed by atoms with Crippen LogP contribution in [-0.2, 0) is 4.74 Å². The van der Waals surface area contributed by atoms with Gasteiger partial charge in [-0.15, -0.1) is 0 Å². The van der Waals surface area contributed by atoms with E-state index >= 15 is 0 Å². The summed E-state index contributed by atoms with van der Waals surface area (Å²) in [6.45, 7) is 7.07. The van der Waals surface area contributed by atoms with Crippen molar-refractivity contribution >= 4 is 12.0 Å². The van der Waals surface area contributed by atoms with Gasteiger partial charge < -0.3 is 19.3 Å². The third-order valence-electron chi connectivity index (χ3n) is 4.21. The molecule has 1 saturated heterocycles. The maximum atomic E-state index is 12.6. The van der Waals surface area contributed by atoms with Crippen LogP contribution in [-0.4, -0.2) is 61.2 Å². The average Bonchev–Trinajstić information content (AvgIpc) is 2.65. The fraction of sp³-hybridized carbons (Fsp3) is 0.579. The lowest BCUT2D eigenvalue weighted by molar-refractivity contribution is 0.0570. The van der Waals surface area contributed by atoms with E-state index in [4.69, 9.17) is 9.47 Å². The van der Waals surface area contributed by atoms with Gasteiger partial charge in [-0.25, -0.2) is 4.79 Å². The summed E-state index contributed by atoms with van der Waals surface area (Å²) in [7, 11) is 0. The van der Waals surface area contributed by atoms with Crippen LogP contribution >= 0.6 is 0 Å². The Kier molecular flexibility index (Phi) is 7.57. The van der Waals surface area contributed by atoms with Gasteiger partial charge in [0, 0.05) is 31.7 Å². The molecular weight excluding hydrogens is 320 g/mol. The predicted octanol–water partition coefficient (Wildman–Crippen LogP) is 3.17. The first-order valence-electron chi connectivity index (χ1n) is 9.09. The molecule has 25 heavy (non-hydrogen) atoms. The highest BCUT2D eigenvalue weighted by molar-refractivity contribution is 5.94. The SMILES string of the molecule is CCCCCOc1ccc(C(=O)N2CCN(C(=O)OCC)CC2)cc1. The second-order valence-corrected chi connectivity index (χ2v) is 6.06. The van der Waals surface area contributed by atoms with Crippen LogP contribution in [0.2, 0.25) is 0 Å². The first-order chi connectivity index (χ1) is 12.2. The Hall–Kier alpha value is -2.24. The number of amides is 2. The van der Waals surface area contributed by atoms with Crippen LogP contribution < -0.4 is 4.74 Å². The van der Waals surface area contributed by atoms with Crippen LogP contribution in [0.25, 0.3) is 0 Å². The highest BCUT2D eigenvalue weighted by Crippen LogP contribution is 2.15. The lowest BCUT2D eigenvalue weighted by atomic mass is 10.1. The minimum absolute atomic E-state index is 0.0129. The van der Waals surface area contributed by atoms with Crippen molar-refractivity contribution in [3.8, 4) is 5.75 Å². The minimum Gasteiger partial charge on any atom is -0.494 e. The summed E-state index contributed by atoms with van der Waals surface area (Å²) in [5.41, 5.74) is 0.644. The molecule has 0 N–H and O–H groups in total. The molecule has 0 aromatic heterocycles. The molecule has 0 unspecified atom stereocenters. The smallest absolute Gasteiger partial charge is 0.409 e. The molecule has 1 fully saturated rings. The summed E-state index contributed by atoms with van der Waals surface area (Å²) in [4.78, 5) is 27.7. The van der Waals surface area contributed by atoms with E-state index in [1.165, 1.54) is 6.42 Å². The fourth-order valence-electron chi connectivity index (χ4n) is 2.73. The summed E-state index contributed by atoms with van der Waals surface area (Å²) in [5.74, 6) is 0.779. The molecule has 6 nitrogen and oxygen atoms in total. The van der Waals surface area contributed by atoms with Gasteiger partial charge in [0.05, 0.1) is 13.2 Å². The van der Waals surface area contributed by atoms with Crippen LogP contribution in [0.5, 0.6) is 5.75 Å². The van der Waals surface area contributed by atoms with Crippen molar-refractivity contribution in [1.29, 1.82) is 0 Å². The molecule has 0 aliphatic carbocycles. The molecule has 2 amide bonds. The molecule has 0 radical (unpaired) electrons. The topological polar surface area (TPSA) is 59.1 Å². The van der Waals surface area contributed by atoms with Crippen LogP contribution in [0.3, 0.4) is 0 Å². The van der Waals surface area contributed by atoms with E-state index in [-0.39, 0.29) is 12.0 Å². The Labute approximate surface area is 149 Å².